The first-order chi connectivity index (χ1) is 15.2. The quantitative estimate of drug-likeness (QED) is 0.779. The van der Waals surface area contributed by atoms with Crippen LogP contribution in [0.2, 0.25) is 0 Å². The molecule has 3 fully saturated rings. The maximum atomic E-state index is 12.7. The molecule has 1 saturated carbocycles. The number of carbonyl (C=O) groups is 1. The molecule has 7 heteroatoms. The Balaban J connectivity index is 1.31. The van der Waals surface area contributed by atoms with Crippen molar-refractivity contribution in [3.8, 4) is 5.88 Å². The van der Waals surface area contributed by atoms with Crippen molar-refractivity contribution in [2.75, 3.05) is 32.9 Å². The first-order valence-corrected chi connectivity index (χ1v) is 12.0. The summed E-state index contributed by atoms with van der Waals surface area (Å²) in [5.74, 6) is 1.35. The van der Waals surface area contributed by atoms with Gasteiger partial charge in [0.1, 0.15) is 12.7 Å². The molecule has 2 unspecified atom stereocenters. The number of amides is 1. The van der Waals surface area contributed by atoms with Crippen LogP contribution < -0.4 is 10.1 Å². The van der Waals surface area contributed by atoms with Crippen molar-refractivity contribution in [1.29, 1.82) is 0 Å². The predicted octanol–water partition coefficient (Wildman–Crippen LogP) is 2.56. The van der Waals surface area contributed by atoms with Crippen molar-refractivity contribution in [3.63, 3.8) is 0 Å². The van der Waals surface area contributed by atoms with Gasteiger partial charge in [-0.2, -0.15) is 0 Å². The van der Waals surface area contributed by atoms with Gasteiger partial charge in [0.05, 0.1) is 18.8 Å². The first kappa shape index (κ1) is 21.2. The maximum absolute atomic E-state index is 12.7. The third kappa shape index (κ3) is 4.59. The Morgan fingerprint density at radius 3 is 2.77 bits per heavy atom. The number of fused-ring (bicyclic) bond motifs is 5. The van der Waals surface area contributed by atoms with Gasteiger partial charge in [-0.05, 0) is 69.4 Å². The molecule has 1 aromatic rings. The van der Waals surface area contributed by atoms with Crippen LogP contribution in [0, 0.1) is 6.92 Å². The molecule has 0 spiro atoms. The zero-order valence-electron chi connectivity index (χ0n) is 18.6. The summed E-state index contributed by atoms with van der Waals surface area (Å²) in [6.07, 6.45) is 8.97. The van der Waals surface area contributed by atoms with Crippen LogP contribution in [0.25, 0.3) is 0 Å². The van der Waals surface area contributed by atoms with Crippen LogP contribution in [-0.2, 0) is 14.3 Å². The smallest absolute Gasteiger partial charge is 0.249 e. The minimum atomic E-state index is -0.283. The number of nitrogens with zero attached hydrogens (tertiary/aromatic N) is 2. The van der Waals surface area contributed by atoms with Gasteiger partial charge in [-0.3, -0.25) is 9.69 Å². The average Bonchev–Trinajstić information content (AvgIpc) is 3.43. The third-order valence-electron chi connectivity index (χ3n) is 7.58. The molecule has 2 saturated heterocycles. The van der Waals surface area contributed by atoms with Crippen molar-refractivity contribution < 1.29 is 19.0 Å². The fraction of sp³-hybridized carbons (Fsp3) is 0.750. The van der Waals surface area contributed by atoms with E-state index in [0.29, 0.717) is 31.8 Å². The van der Waals surface area contributed by atoms with E-state index in [1.54, 1.807) is 0 Å². The zero-order chi connectivity index (χ0) is 21.2. The van der Waals surface area contributed by atoms with Gasteiger partial charge in [0.25, 0.3) is 0 Å². The number of ether oxygens (including phenoxy) is 3. The van der Waals surface area contributed by atoms with Crippen LogP contribution in [0.1, 0.15) is 62.0 Å². The van der Waals surface area contributed by atoms with Gasteiger partial charge in [-0.25, -0.2) is 4.98 Å². The number of carbonyl (C=O) groups excluding carboxylic acids is 1. The highest BCUT2D eigenvalue weighted by Crippen LogP contribution is 2.39. The number of hydrogen-bond acceptors (Lipinski definition) is 6. The van der Waals surface area contributed by atoms with E-state index in [1.807, 2.05) is 6.20 Å². The second kappa shape index (κ2) is 9.43. The fourth-order valence-corrected chi connectivity index (χ4v) is 5.81. The highest BCUT2D eigenvalue weighted by atomic mass is 16.5. The van der Waals surface area contributed by atoms with Crippen LogP contribution in [0.4, 0.5) is 0 Å². The van der Waals surface area contributed by atoms with E-state index < -0.39 is 0 Å². The van der Waals surface area contributed by atoms with Gasteiger partial charge in [-0.15, -0.1) is 0 Å². The molecule has 2 bridgehead atoms. The molecule has 1 N–H and O–H groups in total. The number of nitrogens with one attached hydrogen (secondary N) is 1. The van der Waals surface area contributed by atoms with Crippen molar-refractivity contribution in [1.82, 2.24) is 15.2 Å². The fourth-order valence-electron chi connectivity index (χ4n) is 5.81. The van der Waals surface area contributed by atoms with E-state index in [0.717, 1.165) is 63.9 Å². The summed E-state index contributed by atoms with van der Waals surface area (Å²) < 4.78 is 18.3. The molecule has 5 aliphatic rings. The zero-order valence-corrected chi connectivity index (χ0v) is 18.6. The highest BCUT2D eigenvalue weighted by molar-refractivity contribution is 5.81. The summed E-state index contributed by atoms with van der Waals surface area (Å²) in [5.41, 5.74) is 2.57. The van der Waals surface area contributed by atoms with Gasteiger partial charge in [0, 0.05) is 37.5 Å². The lowest BCUT2D eigenvalue weighted by molar-refractivity contribution is -0.131. The van der Waals surface area contributed by atoms with Crippen molar-refractivity contribution in [3.05, 3.63) is 23.4 Å². The summed E-state index contributed by atoms with van der Waals surface area (Å²) in [6.45, 7) is 5.87. The first-order valence-electron chi connectivity index (χ1n) is 12.0. The number of aryl methyl sites for hydroxylation is 1. The average molecular weight is 430 g/mol. The molecule has 0 radical (unpaired) electrons. The Bertz CT molecular complexity index is 774. The van der Waals surface area contributed by atoms with Gasteiger partial charge in [-0.1, -0.05) is 0 Å². The van der Waals surface area contributed by atoms with E-state index in [9.17, 15) is 4.79 Å². The molecule has 170 valence electrons. The molecule has 1 amide bonds. The minimum Gasteiger partial charge on any atom is -0.476 e. The van der Waals surface area contributed by atoms with E-state index >= 15 is 0 Å². The van der Waals surface area contributed by atoms with Crippen LogP contribution in [-0.4, -0.2) is 73.0 Å². The van der Waals surface area contributed by atoms with Gasteiger partial charge in [0.15, 0.2) is 0 Å². The van der Waals surface area contributed by atoms with E-state index in [4.69, 9.17) is 14.2 Å². The SMILES string of the molecule is Cc1ccnc2c1C1CCC(CC1)OCC1[C@@H](NC(=O)C3CCCO3)CCN1CCO2. The predicted molar refractivity (Wildman–Crippen MR) is 116 cm³/mol. The molecular formula is C24H35N3O4. The Kier molecular flexibility index (Phi) is 6.44. The van der Waals surface area contributed by atoms with Crippen LogP contribution in [0.15, 0.2) is 12.3 Å². The van der Waals surface area contributed by atoms with E-state index in [1.165, 1.54) is 11.1 Å². The summed E-state index contributed by atoms with van der Waals surface area (Å²) in [6, 6.07) is 2.38. The lowest BCUT2D eigenvalue weighted by Gasteiger charge is -2.32. The number of aromatic nitrogens is 1. The molecule has 4 aliphatic heterocycles. The lowest BCUT2D eigenvalue weighted by atomic mass is 9.81. The van der Waals surface area contributed by atoms with Gasteiger partial charge in [0.2, 0.25) is 11.8 Å². The third-order valence-corrected chi connectivity index (χ3v) is 7.58. The van der Waals surface area contributed by atoms with Crippen LogP contribution in [0.5, 0.6) is 5.88 Å². The summed E-state index contributed by atoms with van der Waals surface area (Å²) in [7, 11) is 0. The summed E-state index contributed by atoms with van der Waals surface area (Å²) in [5, 5.41) is 3.27. The number of rotatable bonds is 2. The molecule has 3 atom stereocenters. The van der Waals surface area contributed by atoms with E-state index in [-0.39, 0.29) is 24.1 Å². The number of hydrogen-bond donors (Lipinski definition) is 1. The topological polar surface area (TPSA) is 72.9 Å². The molecule has 31 heavy (non-hydrogen) atoms. The largest absolute Gasteiger partial charge is 0.476 e. The van der Waals surface area contributed by atoms with Crippen LogP contribution in [0.3, 0.4) is 0 Å². The van der Waals surface area contributed by atoms with Crippen molar-refractivity contribution in [2.45, 2.75) is 82.1 Å². The summed E-state index contributed by atoms with van der Waals surface area (Å²) >= 11 is 0. The Morgan fingerprint density at radius 1 is 1.10 bits per heavy atom. The second-order valence-corrected chi connectivity index (χ2v) is 9.51. The van der Waals surface area contributed by atoms with E-state index in [2.05, 4.69) is 28.2 Å². The summed E-state index contributed by atoms with van der Waals surface area (Å²) in [4.78, 5) is 19.7. The standard InChI is InChI=1S/C24H35N3O4/c1-16-8-10-25-24-22(16)17-4-6-18(7-5-17)31-15-20-19(9-11-27(20)12-14-30-24)26-23(28)21-3-2-13-29-21/h8,10,17-21H,2-7,9,11-15H2,1H3,(H,26,28)/t17?,18?,19-,20?,21?/m0/s1. The molecule has 0 aromatic carbocycles. The molecule has 7 nitrogen and oxygen atoms in total. The second-order valence-electron chi connectivity index (χ2n) is 9.51. The minimum absolute atomic E-state index is 0.0395. The lowest BCUT2D eigenvalue weighted by Crippen LogP contribution is -2.50. The highest BCUT2D eigenvalue weighted by Gasteiger charge is 2.38. The molecule has 1 aromatic heterocycles. The Morgan fingerprint density at radius 2 is 1.97 bits per heavy atom. The number of pyridine rings is 1. The molecular weight excluding hydrogens is 394 g/mol. The Hall–Kier alpha value is -1.70. The van der Waals surface area contributed by atoms with Crippen molar-refractivity contribution >= 4 is 5.91 Å². The maximum Gasteiger partial charge on any atom is 0.249 e. The normalized spacial score (nSPS) is 34.0. The van der Waals surface area contributed by atoms with Gasteiger partial charge < -0.3 is 19.5 Å². The molecule has 1 aliphatic carbocycles. The Labute approximate surface area is 184 Å². The molecule has 5 heterocycles. The monoisotopic (exact) mass is 429 g/mol. The van der Waals surface area contributed by atoms with Gasteiger partial charge >= 0.3 is 0 Å². The van der Waals surface area contributed by atoms with Crippen molar-refractivity contribution in [2.24, 2.45) is 0 Å². The van der Waals surface area contributed by atoms with Crippen LogP contribution >= 0.6 is 0 Å². The molecule has 6 rings (SSSR count).